The average molecular weight is 238 g/mol. The SMILES string of the molecule is C=C(CCCO)C(=O)OCCl.CN(C)C. The van der Waals surface area contributed by atoms with Crippen LogP contribution in [0.4, 0.5) is 0 Å². The van der Waals surface area contributed by atoms with Gasteiger partial charge < -0.3 is 14.7 Å². The lowest BCUT2D eigenvalue weighted by Gasteiger charge is -2.01. The van der Waals surface area contributed by atoms with Gasteiger partial charge in [-0.05, 0) is 34.0 Å². The summed E-state index contributed by atoms with van der Waals surface area (Å²) >= 11 is 5.14. The topological polar surface area (TPSA) is 49.8 Å². The molecule has 90 valence electrons. The van der Waals surface area contributed by atoms with Gasteiger partial charge in [0.1, 0.15) is 0 Å². The normalized spacial score (nSPS) is 9.20. The zero-order valence-electron chi connectivity index (χ0n) is 9.62. The number of aliphatic hydroxyl groups excluding tert-OH is 1. The Labute approximate surface area is 96.5 Å². The van der Waals surface area contributed by atoms with Gasteiger partial charge in [-0.15, -0.1) is 0 Å². The minimum absolute atomic E-state index is 0.0488. The summed E-state index contributed by atoms with van der Waals surface area (Å²) in [7, 11) is 6.00. The van der Waals surface area contributed by atoms with Gasteiger partial charge in [-0.1, -0.05) is 18.2 Å². The van der Waals surface area contributed by atoms with Crippen molar-refractivity contribution in [2.24, 2.45) is 0 Å². The second kappa shape index (κ2) is 11.5. The van der Waals surface area contributed by atoms with E-state index in [1.165, 1.54) is 0 Å². The van der Waals surface area contributed by atoms with Crippen LogP contribution in [-0.2, 0) is 9.53 Å². The number of hydrogen-bond donors (Lipinski definition) is 1. The third-order valence-electron chi connectivity index (χ3n) is 1.11. The van der Waals surface area contributed by atoms with Crippen molar-refractivity contribution < 1.29 is 14.6 Å². The summed E-state index contributed by atoms with van der Waals surface area (Å²) in [6.45, 7) is 3.52. The molecule has 0 radical (unpaired) electrons. The highest BCUT2D eigenvalue weighted by Crippen LogP contribution is 2.04. The van der Waals surface area contributed by atoms with E-state index in [4.69, 9.17) is 16.7 Å². The smallest absolute Gasteiger partial charge is 0.334 e. The number of carbonyl (C=O) groups is 1. The first-order valence-electron chi connectivity index (χ1n) is 4.58. The molecule has 0 aliphatic heterocycles. The molecule has 15 heavy (non-hydrogen) atoms. The van der Waals surface area contributed by atoms with Crippen LogP contribution in [0.2, 0.25) is 0 Å². The molecular formula is C10H20ClNO3. The first-order valence-corrected chi connectivity index (χ1v) is 5.11. The lowest BCUT2D eigenvalue weighted by Crippen LogP contribution is -2.06. The lowest BCUT2D eigenvalue weighted by molar-refractivity contribution is -0.137. The number of carbonyl (C=O) groups excluding carboxylic acids is 1. The molecule has 0 heterocycles. The molecule has 0 spiro atoms. The summed E-state index contributed by atoms with van der Waals surface area (Å²) < 4.78 is 4.45. The molecule has 0 aromatic rings. The van der Waals surface area contributed by atoms with Crippen LogP contribution in [0.3, 0.4) is 0 Å². The van der Waals surface area contributed by atoms with Gasteiger partial charge in [0.05, 0.1) is 0 Å². The Morgan fingerprint density at radius 2 is 1.93 bits per heavy atom. The maximum atomic E-state index is 10.8. The predicted molar refractivity (Wildman–Crippen MR) is 61.9 cm³/mol. The second-order valence-corrected chi connectivity index (χ2v) is 3.53. The van der Waals surface area contributed by atoms with E-state index in [1.54, 1.807) is 0 Å². The fourth-order valence-corrected chi connectivity index (χ4v) is 0.645. The number of ether oxygens (including phenoxy) is 1. The molecule has 1 N–H and O–H groups in total. The van der Waals surface area contributed by atoms with Gasteiger partial charge in [-0.25, -0.2) is 4.79 Å². The van der Waals surface area contributed by atoms with Crippen LogP contribution in [0.1, 0.15) is 12.8 Å². The molecule has 5 heteroatoms. The number of alkyl halides is 1. The number of aliphatic hydroxyl groups is 1. The number of nitrogens with zero attached hydrogens (tertiary/aromatic N) is 1. The van der Waals surface area contributed by atoms with Gasteiger partial charge in [-0.2, -0.15) is 0 Å². The van der Waals surface area contributed by atoms with Crippen molar-refractivity contribution in [3.63, 3.8) is 0 Å². The van der Waals surface area contributed by atoms with Gasteiger partial charge in [0, 0.05) is 12.2 Å². The Kier molecular flexibility index (Phi) is 12.9. The quantitative estimate of drug-likeness (QED) is 0.444. The molecule has 0 rings (SSSR count). The molecule has 0 fully saturated rings. The van der Waals surface area contributed by atoms with Crippen molar-refractivity contribution in [3.8, 4) is 0 Å². The van der Waals surface area contributed by atoms with Crippen LogP contribution in [0, 0.1) is 0 Å². The van der Waals surface area contributed by atoms with Gasteiger partial charge in [-0.3, -0.25) is 0 Å². The van der Waals surface area contributed by atoms with Crippen LogP contribution < -0.4 is 0 Å². The zero-order chi connectivity index (χ0) is 12.3. The summed E-state index contributed by atoms with van der Waals surface area (Å²) in [5, 5.41) is 8.41. The summed E-state index contributed by atoms with van der Waals surface area (Å²) in [4.78, 5) is 12.8. The minimum atomic E-state index is -0.492. The Hall–Kier alpha value is -0.580. The molecule has 0 bridgehead atoms. The molecular weight excluding hydrogens is 218 g/mol. The van der Waals surface area contributed by atoms with E-state index >= 15 is 0 Å². The maximum absolute atomic E-state index is 10.8. The van der Waals surface area contributed by atoms with Gasteiger partial charge in [0.2, 0.25) is 0 Å². The highest BCUT2D eigenvalue weighted by atomic mass is 35.5. The predicted octanol–water partition coefficient (Wildman–Crippen LogP) is 1.23. The van der Waals surface area contributed by atoms with Crippen LogP contribution in [0.15, 0.2) is 12.2 Å². The highest BCUT2D eigenvalue weighted by molar-refractivity contribution is 6.17. The molecule has 0 atom stereocenters. The third kappa shape index (κ3) is 16.1. The highest BCUT2D eigenvalue weighted by Gasteiger charge is 2.06. The number of hydrogen-bond acceptors (Lipinski definition) is 4. The Balaban J connectivity index is 0. The van der Waals surface area contributed by atoms with E-state index in [2.05, 4.69) is 11.3 Å². The first-order chi connectivity index (χ1) is 6.95. The molecule has 0 aromatic carbocycles. The van der Waals surface area contributed by atoms with Crippen molar-refractivity contribution in [2.75, 3.05) is 33.8 Å². The summed E-state index contributed by atoms with van der Waals surface area (Å²) in [5.41, 5.74) is 0.347. The Bertz CT molecular complexity index is 181. The zero-order valence-corrected chi connectivity index (χ0v) is 10.4. The lowest BCUT2D eigenvalue weighted by atomic mass is 10.2. The first kappa shape index (κ1) is 16.8. The molecule has 0 saturated heterocycles. The Morgan fingerprint density at radius 1 is 1.47 bits per heavy atom. The van der Waals surface area contributed by atoms with E-state index in [0.717, 1.165) is 0 Å². The molecule has 0 amide bonds. The molecule has 0 saturated carbocycles. The number of halogens is 1. The molecule has 0 unspecified atom stereocenters. The number of rotatable bonds is 5. The van der Waals surface area contributed by atoms with Crippen LogP contribution in [0.25, 0.3) is 0 Å². The maximum Gasteiger partial charge on any atom is 0.334 e. The Morgan fingerprint density at radius 3 is 2.27 bits per heavy atom. The fraction of sp³-hybridized carbons (Fsp3) is 0.700. The minimum Gasteiger partial charge on any atom is -0.446 e. The van der Waals surface area contributed by atoms with E-state index in [1.807, 2.05) is 26.0 Å². The molecule has 0 aliphatic rings. The molecule has 4 nitrogen and oxygen atoms in total. The van der Waals surface area contributed by atoms with Crippen LogP contribution >= 0.6 is 11.6 Å². The van der Waals surface area contributed by atoms with Gasteiger partial charge in [0.25, 0.3) is 0 Å². The fourth-order valence-electron chi connectivity index (χ4n) is 0.546. The largest absolute Gasteiger partial charge is 0.446 e. The van der Waals surface area contributed by atoms with Crippen molar-refractivity contribution in [1.29, 1.82) is 0 Å². The van der Waals surface area contributed by atoms with Crippen LogP contribution in [-0.4, -0.2) is 49.8 Å². The van der Waals surface area contributed by atoms with E-state index in [0.29, 0.717) is 18.4 Å². The number of esters is 1. The van der Waals surface area contributed by atoms with Crippen molar-refractivity contribution in [3.05, 3.63) is 12.2 Å². The van der Waals surface area contributed by atoms with Crippen LogP contribution in [0.5, 0.6) is 0 Å². The van der Waals surface area contributed by atoms with E-state index in [-0.39, 0.29) is 12.7 Å². The van der Waals surface area contributed by atoms with E-state index in [9.17, 15) is 4.79 Å². The van der Waals surface area contributed by atoms with Crippen molar-refractivity contribution in [2.45, 2.75) is 12.8 Å². The van der Waals surface area contributed by atoms with Crippen molar-refractivity contribution >= 4 is 17.6 Å². The summed E-state index contributed by atoms with van der Waals surface area (Å²) in [6, 6.07) is -0.156. The monoisotopic (exact) mass is 237 g/mol. The van der Waals surface area contributed by atoms with E-state index < -0.39 is 5.97 Å². The summed E-state index contributed by atoms with van der Waals surface area (Å²) in [5.74, 6) is -0.492. The summed E-state index contributed by atoms with van der Waals surface area (Å²) in [6.07, 6.45) is 0.975. The van der Waals surface area contributed by atoms with Gasteiger partial charge in [0.15, 0.2) is 6.07 Å². The molecule has 0 aromatic heterocycles. The van der Waals surface area contributed by atoms with Crippen molar-refractivity contribution in [1.82, 2.24) is 4.90 Å². The standard InChI is InChI=1S/C7H11ClO3.C3H9N/c1-6(3-2-4-9)7(10)11-5-8;1-4(2)3/h9H,1-5H2;1-3H3. The second-order valence-electron chi connectivity index (χ2n) is 3.31. The third-order valence-corrected chi connectivity index (χ3v) is 1.22. The average Bonchev–Trinajstić information content (AvgIpc) is 2.13. The molecule has 0 aliphatic carbocycles. The van der Waals surface area contributed by atoms with Gasteiger partial charge >= 0.3 is 5.97 Å².